The minimum absolute atomic E-state index is 0.297. The molecule has 4 nitrogen and oxygen atoms in total. The maximum Gasteiger partial charge on any atom is 0.239 e. The monoisotopic (exact) mass is 340 g/mol. The zero-order chi connectivity index (χ0) is 15.6. The number of carbonyl (C=O) groups excluding carboxylic acids is 2. The van der Waals surface area contributed by atoms with Gasteiger partial charge in [-0.3, -0.25) is 9.59 Å². The van der Waals surface area contributed by atoms with Crippen molar-refractivity contribution in [2.24, 2.45) is 5.41 Å². The summed E-state index contributed by atoms with van der Waals surface area (Å²) in [4.78, 5) is 24.5. The predicted octanol–water partition coefficient (Wildman–Crippen LogP) is 3.33. The quantitative estimate of drug-likeness (QED) is 0.829. The van der Waals surface area contributed by atoms with Crippen molar-refractivity contribution in [2.45, 2.75) is 40.2 Å². The summed E-state index contributed by atoms with van der Waals surface area (Å²) in [5, 5.41) is 5.60. The number of rotatable bonds is 3. The molecule has 0 unspecified atom stereocenters. The predicted molar refractivity (Wildman–Crippen MR) is 84.4 cm³/mol. The van der Waals surface area contributed by atoms with E-state index in [4.69, 9.17) is 0 Å². The minimum Gasteiger partial charge on any atom is -0.351 e. The van der Waals surface area contributed by atoms with E-state index in [2.05, 4.69) is 26.6 Å². The fourth-order valence-corrected chi connectivity index (χ4v) is 1.83. The maximum absolute atomic E-state index is 12.3. The highest BCUT2D eigenvalue weighted by atomic mass is 79.9. The van der Waals surface area contributed by atoms with E-state index < -0.39 is 5.41 Å². The number of halogens is 1. The van der Waals surface area contributed by atoms with E-state index in [-0.39, 0.29) is 17.4 Å². The molecule has 0 bridgehead atoms. The molecule has 0 heterocycles. The molecular weight excluding hydrogens is 320 g/mol. The van der Waals surface area contributed by atoms with Crippen LogP contribution in [0, 0.1) is 5.41 Å². The van der Waals surface area contributed by atoms with Crippen molar-refractivity contribution in [1.82, 2.24) is 5.32 Å². The third-order valence-electron chi connectivity index (χ3n) is 2.75. The first-order chi connectivity index (χ1) is 9.04. The average Bonchev–Trinajstić information content (AvgIpc) is 2.29. The summed E-state index contributed by atoms with van der Waals surface area (Å²) in [5.41, 5.74) is -0.876. The second kappa shape index (κ2) is 5.95. The second-order valence-corrected chi connectivity index (χ2v) is 7.12. The van der Waals surface area contributed by atoms with E-state index in [1.54, 1.807) is 19.9 Å². The number of hydrogen-bond acceptors (Lipinski definition) is 2. The highest BCUT2D eigenvalue weighted by Crippen LogP contribution is 2.25. The van der Waals surface area contributed by atoms with Gasteiger partial charge >= 0.3 is 0 Å². The molecule has 0 spiro atoms. The Morgan fingerprint density at radius 2 is 1.55 bits per heavy atom. The standard InChI is InChI=1S/C15H21BrN2O2/c1-14(2,3)18-13(20)15(4,5)12(19)17-11-9-7-6-8-10(11)16/h6-9H,1-5H3,(H,17,19)(H,18,20). The summed E-state index contributed by atoms with van der Waals surface area (Å²) in [5.74, 6) is -0.638. The summed E-state index contributed by atoms with van der Waals surface area (Å²) < 4.78 is 0.778. The van der Waals surface area contributed by atoms with Crippen LogP contribution >= 0.6 is 15.9 Å². The number of hydrogen-bond donors (Lipinski definition) is 2. The lowest BCUT2D eigenvalue weighted by Gasteiger charge is -2.28. The van der Waals surface area contributed by atoms with Crippen molar-refractivity contribution in [3.8, 4) is 0 Å². The molecule has 2 amide bonds. The van der Waals surface area contributed by atoms with Gasteiger partial charge in [-0.05, 0) is 62.7 Å². The van der Waals surface area contributed by atoms with Gasteiger partial charge in [0.05, 0.1) is 5.69 Å². The molecule has 0 aromatic heterocycles. The molecule has 0 radical (unpaired) electrons. The number of benzene rings is 1. The van der Waals surface area contributed by atoms with Gasteiger partial charge in [-0.1, -0.05) is 12.1 Å². The summed E-state index contributed by atoms with van der Waals surface area (Å²) in [7, 11) is 0. The molecule has 20 heavy (non-hydrogen) atoms. The van der Waals surface area contributed by atoms with Gasteiger partial charge in [0, 0.05) is 10.0 Å². The lowest BCUT2D eigenvalue weighted by atomic mass is 9.89. The molecule has 5 heteroatoms. The highest BCUT2D eigenvalue weighted by molar-refractivity contribution is 9.10. The molecule has 0 aliphatic carbocycles. The van der Waals surface area contributed by atoms with Gasteiger partial charge in [-0.25, -0.2) is 0 Å². The lowest BCUT2D eigenvalue weighted by molar-refractivity contribution is -0.139. The number of para-hydroxylation sites is 1. The molecule has 2 N–H and O–H groups in total. The molecule has 0 saturated carbocycles. The van der Waals surface area contributed by atoms with E-state index in [9.17, 15) is 9.59 Å². The van der Waals surface area contributed by atoms with Crippen LogP contribution in [0.25, 0.3) is 0 Å². The van der Waals surface area contributed by atoms with Gasteiger partial charge in [-0.15, -0.1) is 0 Å². The molecule has 1 aromatic carbocycles. The molecule has 1 rings (SSSR count). The third kappa shape index (κ3) is 4.34. The second-order valence-electron chi connectivity index (χ2n) is 6.26. The third-order valence-corrected chi connectivity index (χ3v) is 3.44. The van der Waals surface area contributed by atoms with E-state index in [0.29, 0.717) is 5.69 Å². The van der Waals surface area contributed by atoms with E-state index in [0.717, 1.165) is 4.47 Å². The summed E-state index contributed by atoms with van der Waals surface area (Å²) >= 11 is 3.36. The lowest BCUT2D eigenvalue weighted by Crippen LogP contribution is -2.51. The number of nitrogens with one attached hydrogen (secondary N) is 2. The Hall–Kier alpha value is -1.36. The van der Waals surface area contributed by atoms with Crippen molar-refractivity contribution < 1.29 is 9.59 Å². The summed E-state index contributed by atoms with van der Waals surface area (Å²) in [6.07, 6.45) is 0. The maximum atomic E-state index is 12.3. The van der Waals surface area contributed by atoms with Crippen LogP contribution in [0.2, 0.25) is 0 Å². The Labute approximate surface area is 128 Å². The molecule has 0 aliphatic heterocycles. The number of amides is 2. The van der Waals surface area contributed by atoms with Gasteiger partial charge in [0.2, 0.25) is 11.8 Å². The van der Waals surface area contributed by atoms with Gasteiger partial charge in [-0.2, -0.15) is 0 Å². The van der Waals surface area contributed by atoms with Crippen molar-refractivity contribution in [3.63, 3.8) is 0 Å². The average molecular weight is 341 g/mol. The number of anilines is 1. The first kappa shape index (κ1) is 16.7. The van der Waals surface area contributed by atoms with E-state index >= 15 is 0 Å². The number of carbonyl (C=O) groups is 2. The zero-order valence-corrected chi connectivity index (χ0v) is 14.1. The molecular formula is C15H21BrN2O2. The molecule has 0 aliphatic rings. The topological polar surface area (TPSA) is 58.2 Å². The van der Waals surface area contributed by atoms with Crippen molar-refractivity contribution in [3.05, 3.63) is 28.7 Å². The van der Waals surface area contributed by atoms with Crippen LogP contribution < -0.4 is 10.6 Å². The van der Waals surface area contributed by atoms with Gasteiger partial charge in [0.25, 0.3) is 0 Å². The van der Waals surface area contributed by atoms with E-state index in [1.807, 2.05) is 39.0 Å². The first-order valence-electron chi connectivity index (χ1n) is 6.42. The van der Waals surface area contributed by atoms with Gasteiger partial charge in [0.1, 0.15) is 5.41 Å². The smallest absolute Gasteiger partial charge is 0.239 e. The summed E-state index contributed by atoms with van der Waals surface area (Å²) in [6, 6.07) is 7.29. The molecule has 0 saturated heterocycles. The van der Waals surface area contributed by atoms with Crippen LogP contribution in [0.3, 0.4) is 0 Å². The Kier molecular flexibility index (Phi) is 4.97. The van der Waals surface area contributed by atoms with E-state index in [1.165, 1.54) is 0 Å². The summed E-state index contributed by atoms with van der Waals surface area (Å²) in [6.45, 7) is 8.87. The van der Waals surface area contributed by atoms with Crippen molar-refractivity contribution in [1.29, 1.82) is 0 Å². The van der Waals surface area contributed by atoms with Crippen LogP contribution in [0.4, 0.5) is 5.69 Å². The first-order valence-corrected chi connectivity index (χ1v) is 7.22. The Bertz CT molecular complexity index is 519. The minimum atomic E-state index is -1.15. The van der Waals surface area contributed by atoms with Crippen LogP contribution in [-0.4, -0.2) is 17.4 Å². The normalized spacial score (nSPS) is 11.9. The van der Waals surface area contributed by atoms with Gasteiger partial charge < -0.3 is 10.6 Å². The largest absolute Gasteiger partial charge is 0.351 e. The SMILES string of the molecule is CC(C)(C)NC(=O)C(C)(C)C(=O)Nc1ccccc1Br. The van der Waals surface area contributed by atoms with Gasteiger partial charge in [0.15, 0.2) is 0 Å². The fraction of sp³-hybridized carbons (Fsp3) is 0.467. The zero-order valence-electron chi connectivity index (χ0n) is 12.5. The van der Waals surface area contributed by atoms with Crippen LogP contribution in [-0.2, 0) is 9.59 Å². The van der Waals surface area contributed by atoms with Crippen LogP contribution in [0.15, 0.2) is 28.7 Å². The van der Waals surface area contributed by atoms with Crippen molar-refractivity contribution >= 4 is 33.4 Å². The fourth-order valence-electron chi connectivity index (χ4n) is 1.44. The van der Waals surface area contributed by atoms with Crippen LogP contribution in [0.1, 0.15) is 34.6 Å². The van der Waals surface area contributed by atoms with Crippen LogP contribution in [0.5, 0.6) is 0 Å². The highest BCUT2D eigenvalue weighted by Gasteiger charge is 2.37. The van der Waals surface area contributed by atoms with Crippen molar-refractivity contribution in [2.75, 3.05) is 5.32 Å². The molecule has 0 atom stereocenters. The molecule has 1 aromatic rings. The Morgan fingerprint density at radius 1 is 1.00 bits per heavy atom. The molecule has 0 fully saturated rings. The Morgan fingerprint density at radius 3 is 2.05 bits per heavy atom. The molecule has 110 valence electrons. The Balaban J connectivity index is 2.85.